The maximum Gasteiger partial charge on any atom is 0.253 e. The molecule has 0 atom stereocenters. The van der Waals surface area contributed by atoms with Crippen molar-refractivity contribution in [1.29, 1.82) is 0 Å². The molecular formula is C19H24N4OS. The Bertz CT molecular complexity index is 704. The molecule has 2 aliphatic rings. The minimum Gasteiger partial charge on any atom is -0.339 e. The predicted molar refractivity (Wildman–Crippen MR) is 101 cm³/mol. The maximum absolute atomic E-state index is 12.9. The van der Waals surface area contributed by atoms with Crippen molar-refractivity contribution in [2.24, 2.45) is 0 Å². The lowest BCUT2D eigenvalue weighted by molar-refractivity contribution is 0.0631. The lowest BCUT2D eigenvalue weighted by Gasteiger charge is -2.40. The zero-order chi connectivity index (χ0) is 17.1. The van der Waals surface area contributed by atoms with Crippen molar-refractivity contribution in [2.75, 3.05) is 37.7 Å². The molecule has 25 heavy (non-hydrogen) atoms. The van der Waals surface area contributed by atoms with E-state index in [1.54, 1.807) is 10.9 Å². The van der Waals surface area contributed by atoms with E-state index in [0.717, 1.165) is 37.2 Å². The zero-order valence-corrected chi connectivity index (χ0v) is 15.2. The third kappa shape index (κ3) is 3.75. The topological polar surface area (TPSA) is 41.4 Å². The Morgan fingerprint density at radius 1 is 1.08 bits per heavy atom. The van der Waals surface area contributed by atoms with Crippen molar-refractivity contribution in [2.45, 2.75) is 18.9 Å². The summed E-state index contributed by atoms with van der Waals surface area (Å²) in [4.78, 5) is 17.5. The van der Waals surface area contributed by atoms with Gasteiger partial charge in [-0.15, -0.1) is 0 Å². The first-order valence-electron chi connectivity index (χ1n) is 9.02. The van der Waals surface area contributed by atoms with Crippen molar-refractivity contribution in [3.63, 3.8) is 0 Å². The molecule has 0 unspecified atom stereocenters. The standard InChI is InChI=1S/C19H24N4OS/c24-19(16-3-1-4-18(15-16)23-8-2-7-20-23)22-9-5-17(6-10-22)21-11-13-25-14-12-21/h1-4,7-8,15,17H,5-6,9-14H2. The van der Waals surface area contributed by atoms with Gasteiger partial charge in [-0.3, -0.25) is 9.69 Å². The number of likely N-dealkylation sites (tertiary alicyclic amines) is 1. The van der Waals surface area contributed by atoms with Crippen molar-refractivity contribution in [3.05, 3.63) is 48.3 Å². The first kappa shape index (κ1) is 16.7. The smallest absolute Gasteiger partial charge is 0.253 e. The number of nitrogens with zero attached hydrogens (tertiary/aromatic N) is 4. The number of carbonyl (C=O) groups is 1. The van der Waals surface area contributed by atoms with Crippen molar-refractivity contribution in [1.82, 2.24) is 19.6 Å². The van der Waals surface area contributed by atoms with E-state index >= 15 is 0 Å². The third-order valence-corrected chi connectivity index (χ3v) is 6.12. The fraction of sp³-hybridized carbons (Fsp3) is 0.474. The molecule has 0 spiro atoms. The monoisotopic (exact) mass is 356 g/mol. The van der Waals surface area contributed by atoms with E-state index < -0.39 is 0 Å². The average molecular weight is 356 g/mol. The second-order valence-corrected chi connectivity index (χ2v) is 7.90. The summed E-state index contributed by atoms with van der Waals surface area (Å²) in [6.45, 7) is 4.13. The Morgan fingerprint density at radius 2 is 1.88 bits per heavy atom. The zero-order valence-electron chi connectivity index (χ0n) is 14.4. The Kier molecular flexibility index (Phi) is 5.08. The largest absolute Gasteiger partial charge is 0.339 e. The van der Waals surface area contributed by atoms with Gasteiger partial charge in [-0.2, -0.15) is 16.9 Å². The van der Waals surface area contributed by atoms with Gasteiger partial charge < -0.3 is 4.90 Å². The van der Waals surface area contributed by atoms with Crippen LogP contribution in [0.2, 0.25) is 0 Å². The average Bonchev–Trinajstić information content (AvgIpc) is 3.23. The summed E-state index contributed by atoms with van der Waals surface area (Å²) in [7, 11) is 0. The summed E-state index contributed by atoms with van der Waals surface area (Å²) in [6, 6.07) is 10.3. The van der Waals surface area contributed by atoms with E-state index in [9.17, 15) is 4.79 Å². The summed E-state index contributed by atoms with van der Waals surface area (Å²) in [5, 5.41) is 4.25. The molecule has 2 fully saturated rings. The van der Waals surface area contributed by atoms with Crippen molar-refractivity contribution < 1.29 is 4.79 Å². The van der Waals surface area contributed by atoms with Crippen LogP contribution in [0.25, 0.3) is 5.69 Å². The van der Waals surface area contributed by atoms with E-state index in [2.05, 4.69) is 21.8 Å². The number of hydrogen-bond donors (Lipinski definition) is 0. The van der Waals surface area contributed by atoms with Gasteiger partial charge in [0.25, 0.3) is 5.91 Å². The molecule has 1 aromatic carbocycles. The normalized spacial score (nSPS) is 19.9. The van der Waals surface area contributed by atoms with Crippen LogP contribution < -0.4 is 0 Å². The SMILES string of the molecule is O=C(c1cccc(-n2cccn2)c1)N1CCC(N2CCSCC2)CC1. The first-order chi connectivity index (χ1) is 12.3. The van der Waals surface area contributed by atoms with Crippen molar-refractivity contribution in [3.8, 4) is 5.69 Å². The highest BCUT2D eigenvalue weighted by molar-refractivity contribution is 7.99. The molecule has 5 nitrogen and oxygen atoms in total. The van der Waals surface area contributed by atoms with Crippen LogP contribution >= 0.6 is 11.8 Å². The summed E-state index contributed by atoms with van der Waals surface area (Å²) in [5.41, 5.74) is 1.68. The Morgan fingerprint density at radius 3 is 2.60 bits per heavy atom. The van der Waals surface area contributed by atoms with Gasteiger partial charge in [0.15, 0.2) is 0 Å². The minimum absolute atomic E-state index is 0.140. The number of amides is 1. The molecule has 0 aliphatic carbocycles. The van der Waals surface area contributed by atoms with Crippen LogP contribution in [0.1, 0.15) is 23.2 Å². The number of benzene rings is 1. The second-order valence-electron chi connectivity index (χ2n) is 6.67. The molecule has 2 saturated heterocycles. The lowest BCUT2D eigenvalue weighted by atomic mass is 10.0. The van der Waals surface area contributed by atoms with Gasteiger partial charge in [0, 0.05) is 61.7 Å². The highest BCUT2D eigenvalue weighted by Crippen LogP contribution is 2.22. The lowest BCUT2D eigenvalue weighted by Crippen LogP contribution is -2.49. The Hall–Kier alpha value is -1.79. The molecular weight excluding hydrogens is 332 g/mol. The molecule has 132 valence electrons. The fourth-order valence-electron chi connectivity index (χ4n) is 3.76. The summed E-state index contributed by atoms with van der Waals surface area (Å²) < 4.78 is 1.79. The number of rotatable bonds is 3. The molecule has 6 heteroatoms. The third-order valence-electron chi connectivity index (χ3n) is 5.18. The van der Waals surface area contributed by atoms with E-state index in [1.807, 2.05) is 41.4 Å². The Labute approximate surface area is 153 Å². The molecule has 1 aromatic heterocycles. The van der Waals surface area contributed by atoms with Gasteiger partial charge in [-0.25, -0.2) is 4.68 Å². The number of hydrogen-bond acceptors (Lipinski definition) is 4. The molecule has 0 N–H and O–H groups in total. The predicted octanol–water partition coefficient (Wildman–Crippen LogP) is 2.53. The van der Waals surface area contributed by atoms with Gasteiger partial charge in [-0.1, -0.05) is 6.07 Å². The van der Waals surface area contributed by atoms with Crippen LogP contribution in [-0.2, 0) is 0 Å². The van der Waals surface area contributed by atoms with Crippen LogP contribution in [-0.4, -0.2) is 69.2 Å². The number of aromatic nitrogens is 2. The second kappa shape index (κ2) is 7.62. The van der Waals surface area contributed by atoms with Gasteiger partial charge >= 0.3 is 0 Å². The number of thioether (sulfide) groups is 1. The van der Waals surface area contributed by atoms with Gasteiger partial charge in [0.1, 0.15) is 0 Å². The number of carbonyl (C=O) groups excluding carboxylic acids is 1. The van der Waals surface area contributed by atoms with Crippen LogP contribution in [0, 0.1) is 0 Å². The molecule has 0 radical (unpaired) electrons. The molecule has 0 bridgehead atoms. The molecule has 2 aromatic rings. The highest BCUT2D eigenvalue weighted by atomic mass is 32.2. The quantitative estimate of drug-likeness (QED) is 0.847. The van der Waals surface area contributed by atoms with E-state index in [1.165, 1.54) is 24.6 Å². The first-order valence-corrected chi connectivity index (χ1v) is 10.2. The van der Waals surface area contributed by atoms with E-state index in [0.29, 0.717) is 6.04 Å². The fourth-order valence-corrected chi connectivity index (χ4v) is 4.69. The number of piperidine rings is 1. The molecule has 3 heterocycles. The molecule has 1 amide bonds. The van der Waals surface area contributed by atoms with Crippen LogP contribution in [0.3, 0.4) is 0 Å². The van der Waals surface area contributed by atoms with Gasteiger partial charge in [0.05, 0.1) is 5.69 Å². The van der Waals surface area contributed by atoms with Crippen LogP contribution in [0.15, 0.2) is 42.7 Å². The summed E-state index contributed by atoms with van der Waals surface area (Å²) in [6.07, 6.45) is 5.83. The van der Waals surface area contributed by atoms with Gasteiger partial charge in [0.2, 0.25) is 0 Å². The van der Waals surface area contributed by atoms with Crippen LogP contribution in [0.5, 0.6) is 0 Å². The molecule has 4 rings (SSSR count). The van der Waals surface area contributed by atoms with E-state index in [-0.39, 0.29) is 5.91 Å². The maximum atomic E-state index is 12.9. The van der Waals surface area contributed by atoms with Crippen LogP contribution in [0.4, 0.5) is 0 Å². The van der Waals surface area contributed by atoms with E-state index in [4.69, 9.17) is 0 Å². The highest BCUT2D eigenvalue weighted by Gasteiger charge is 2.28. The molecule has 0 saturated carbocycles. The Balaban J connectivity index is 1.40. The molecule has 2 aliphatic heterocycles. The van der Waals surface area contributed by atoms with Crippen molar-refractivity contribution >= 4 is 17.7 Å². The minimum atomic E-state index is 0.140. The summed E-state index contributed by atoms with van der Waals surface area (Å²) >= 11 is 2.05. The van der Waals surface area contributed by atoms with Gasteiger partial charge in [-0.05, 0) is 37.1 Å². The summed E-state index contributed by atoms with van der Waals surface area (Å²) in [5.74, 6) is 2.64.